The van der Waals surface area contributed by atoms with Gasteiger partial charge in [0, 0.05) is 31.0 Å². The predicted molar refractivity (Wildman–Crippen MR) is 68.4 cm³/mol. The van der Waals surface area contributed by atoms with Gasteiger partial charge in [0.05, 0.1) is 16.4 Å². The summed E-state index contributed by atoms with van der Waals surface area (Å²) in [5.74, 6) is -3.11. The van der Waals surface area contributed by atoms with Crippen molar-refractivity contribution in [1.29, 1.82) is 0 Å². The van der Waals surface area contributed by atoms with Crippen LogP contribution in [0.5, 0.6) is 0 Å². The molecule has 0 saturated carbocycles. The van der Waals surface area contributed by atoms with Gasteiger partial charge in [-0.25, -0.2) is 4.39 Å². The zero-order chi connectivity index (χ0) is 15.8. The number of carbonyl (C=O) groups excluding carboxylic acids is 1. The van der Waals surface area contributed by atoms with E-state index in [0.29, 0.717) is 0 Å². The molecule has 1 saturated heterocycles. The zero-order valence-electron chi connectivity index (χ0n) is 10.5. The quantitative estimate of drug-likeness (QED) is 0.474. The largest absolute Gasteiger partial charge is 0.309 e. The second kappa shape index (κ2) is 5.35. The van der Waals surface area contributed by atoms with E-state index < -0.39 is 44.2 Å². The molecule has 1 fully saturated rings. The molecule has 1 heterocycles. The van der Waals surface area contributed by atoms with Crippen molar-refractivity contribution in [2.24, 2.45) is 5.92 Å². The summed E-state index contributed by atoms with van der Waals surface area (Å²) < 4.78 is 47.5. The highest BCUT2D eigenvalue weighted by Crippen LogP contribution is 2.31. The minimum Gasteiger partial charge on any atom is -0.309 e. The van der Waals surface area contributed by atoms with E-state index in [4.69, 9.17) is 0 Å². The van der Waals surface area contributed by atoms with Crippen molar-refractivity contribution < 1.29 is 26.4 Å². The van der Waals surface area contributed by atoms with Gasteiger partial charge in [-0.15, -0.1) is 3.89 Å². The number of amides is 1. The normalized spacial score (nSPS) is 19.0. The number of rotatable bonds is 4. The second-order valence-corrected chi connectivity index (χ2v) is 6.08. The highest BCUT2D eigenvalue weighted by Gasteiger charge is 2.35. The zero-order valence-corrected chi connectivity index (χ0v) is 11.3. The molecule has 1 atom stereocenters. The van der Waals surface area contributed by atoms with Crippen LogP contribution in [-0.2, 0) is 15.0 Å². The average Bonchev–Trinajstić information content (AvgIpc) is 2.67. The van der Waals surface area contributed by atoms with Gasteiger partial charge in [0.2, 0.25) is 5.91 Å². The van der Waals surface area contributed by atoms with Crippen LogP contribution in [0.25, 0.3) is 0 Å². The predicted octanol–water partition coefficient (Wildman–Crippen LogP) is 1.39. The summed E-state index contributed by atoms with van der Waals surface area (Å²) >= 11 is 0. The van der Waals surface area contributed by atoms with Gasteiger partial charge in [-0.3, -0.25) is 14.9 Å². The van der Waals surface area contributed by atoms with E-state index in [1.54, 1.807) is 0 Å². The maximum Gasteiger partial charge on any atom is 0.302 e. The lowest BCUT2D eigenvalue weighted by molar-refractivity contribution is -0.384. The van der Waals surface area contributed by atoms with Crippen LogP contribution in [0.1, 0.15) is 6.42 Å². The summed E-state index contributed by atoms with van der Waals surface area (Å²) in [7, 11) is -4.75. The Hall–Kier alpha value is -2.10. The molecule has 21 heavy (non-hydrogen) atoms. The van der Waals surface area contributed by atoms with E-state index >= 15 is 0 Å². The number of nitro benzene ring substituents is 1. The molecule has 0 spiro atoms. The first-order chi connectivity index (χ1) is 9.67. The van der Waals surface area contributed by atoms with E-state index in [0.717, 1.165) is 23.1 Å². The van der Waals surface area contributed by atoms with Crippen molar-refractivity contribution in [3.05, 3.63) is 34.1 Å². The standard InChI is InChI=1S/C11H10F2N2O5S/c12-9-2-1-8(15(17)18)4-10(9)14-5-7(3-11(14)16)6-21(13,19)20/h1-2,4,7H,3,5-6H2. The smallest absolute Gasteiger partial charge is 0.302 e. The molecule has 1 aromatic carbocycles. The molecule has 2 rings (SSSR count). The molecule has 1 aliphatic rings. The molecule has 1 aliphatic heterocycles. The molecule has 0 N–H and O–H groups in total. The lowest BCUT2D eigenvalue weighted by Crippen LogP contribution is -2.26. The Morgan fingerprint density at radius 3 is 2.67 bits per heavy atom. The monoisotopic (exact) mass is 320 g/mol. The first kappa shape index (κ1) is 15.3. The summed E-state index contributed by atoms with van der Waals surface area (Å²) in [4.78, 5) is 22.6. The summed E-state index contributed by atoms with van der Waals surface area (Å²) in [6.07, 6.45) is -0.259. The number of anilines is 1. The van der Waals surface area contributed by atoms with Gasteiger partial charge in [-0.1, -0.05) is 0 Å². The molecule has 0 aliphatic carbocycles. The number of benzene rings is 1. The van der Waals surface area contributed by atoms with Crippen molar-refractivity contribution in [1.82, 2.24) is 0 Å². The Morgan fingerprint density at radius 1 is 1.43 bits per heavy atom. The number of hydrogen-bond donors (Lipinski definition) is 0. The van der Waals surface area contributed by atoms with Gasteiger partial charge in [-0.05, 0) is 6.07 Å². The van der Waals surface area contributed by atoms with E-state index in [1.165, 1.54) is 0 Å². The third-order valence-corrected chi connectivity index (χ3v) is 3.94. The number of nitro groups is 1. The van der Waals surface area contributed by atoms with Crippen molar-refractivity contribution >= 4 is 27.5 Å². The number of halogens is 2. The number of nitrogens with zero attached hydrogens (tertiary/aromatic N) is 2. The molecule has 114 valence electrons. The van der Waals surface area contributed by atoms with Crippen LogP contribution >= 0.6 is 0 Å². The summed E-state index contributed by atoms with van der Waals surface area (Å²) in [5.41, 5.74) is -0.714. The maximum atomic E-state index is 13.7. The minimum atomic E-state index is -4.75. The van der Waals surface area contributed by atoms with E-state index in [-0.39, 0.29) is 18.7 Å². The Kier molecular flexibility index (Phi) is 3.90. The van der Waals surface area contributed by atoms with Crippen molar-refractivity contribution in [2.45, 2.75) is 6.42 Å². The van der Waals surface area contributed by atoms with Crippen LogP contribution in [0, 0.1) is 21.8 Å². The van der Waals surface area contributed by atoms with E-state index in [1.807, 2.05) is 0 Å². The molecule has 0 bridgehead atoms. The summed E-state index contributed by atoms with van der Waals surface area (Å²) in [5, 5.41) is 10.7. The number of carbonyl (C=O) groups is 1. The lowest BCUT2D eigenvalue weighted by atomic mass is 10.1. The molecule has 10 heteroatoms. The molecule has 1 amide bonds. The summed E-state index contributed by atoms with van der Waals surface area (Å²) in [6.45, 7) is -0.208. The van der Waals surface area contributed by atoms with Crippen LogP contribution in [-0.4, -0.2) is 31.5 Å². The van der Waals surface area contributed by atoms with Crippen LogP contribution in [0.3, 0.4) is 0 Å². The van der Waals surface area contributed by atoms with Crippen molar-refractivity contribution in [3.63, 3.8) is 0 Å². The van der Waals surface area contributed by atoms with Crippen LogP contribution in [0.4, 0.5) is 19.7 Å². The van der Waals surface area contributed by atoms with Crippen LogP contribution in [0.2, 0.25) is 0 Å². The van der Waals surface area contributed by atoms with E-state index in [9.17, 15) is 31.6 Å². The SMILES string of the molecule is O=C1CC(CS(=O)(=O)F)CN1c1cc([N+](=O)[O-])ccc1F. The molecular formula is C11H10F2N2O5S. The van der Waals surface area contributed by atoms with Gasteiger partial charge in [-0.2, -0.15) is 8.42 Å². The molecule has 0 aromatic heterocycles. The lowest BCUT2D eigenvalue weighted by Gasteiger charge is -2.17. The van der Waals surface area contributed by atoms with Crippen molar-refractivity contribution in [3.8, 4) is 0 Å². The fourth-order valence-corrected chi connectivity index (χ4v) is 3.02. The topological polar surface area (TPSA) is 97.6 Å². The summed E-state index contributed by atoms with van der Waals surface area (Å²) in [6, 6.07) is 2.68. The van der Waals surface area contributed by atoms with Crippen LogP contribution < -0.4 is 4.90 Å². The third kappa shape index (κ3) is 3.51. The van der Waals surface area contributed by atoms with Crippen LogP contribution in [0.15, 0.2) is 18.2 Å². The van der Waals surface area contributed by atoms with E-state index in [2.05, 4.69) is 0 Å². The average molecular weight is 320 g/mol. The Balaban J connectivity index is 2.28. The fourth-order valence-electron chi connectivity index (χ4n) is 2.23. The first-order valence-electron chi connectivity index (χ1n) is 5.84. The van der Waals surface area contributed by atoms with Gasteiger partial charge < -0.3 is 4.90 Å². The molecule has 1 aromatic rings. The molecule has 1 unspecified atom stereocenters. The molecular weight excluding hydrogens is 310 g/mol. The maximum absolute atomic E-state index is 13.7. The fraction of sp³-hybridized carbons (Fsp3) is 0.364. The second-order valence-electron chi connectivity index (χ2n) is 4.67. The molecule has 7 nitrogen and oxygen atoms in total. The van der Waals surface area contributed by atoms with Gasteiger partial charge in [0.1, 0.15) is 5.82 Å². The van der Waals surface area contributed by atoms with Gasteiger partial charge in [0.15, 0.2) is 0 Å². The van der Waals surface area contributed by atoms with Crippen molar-refractivity contribution in [2.75, 3.05) is 17.2 Å². The van der Waals surface area contributed by atoms with Gasteiger partial charge in [0.25, 0.3) is 5.69 Å². The highest BCUT2D eigenvalue weighted by molar-refractivity contribution is 7.86. The highest BCUT2D eigenvalue weighted by atomic mass is 32.3. The Labute approximate surface area is 118 Å². The number of hydrogen-bond acceptors (Lipinski definition) is 5. The number of non-ortho nitro benzene ring substituents is 1. The Bertz CT molecular complexity index is 707. The minimum absolute atomic E-state index is 0.208. The Morgan fingerprint density at radius 2 is 2.10 bits per heavy atom. The first-order valence-corrected chi connectivity index (χ1v) is 7.39. The third-order valence-electron chi connectivity index (χ3n) is 3.07. The molecule has 0 radical (unpaired) electrons. The van der Waals surface area contributed by atoms with Gasteiger partial charge >= 0.3 is 10.2 Å².